The van der Waals surface area contributed by atoms with E-state index in [9.17, 15) is 9.65 Å². The number of aromatic nitrogens is 2. The quantitative estimate of drug-likeness (QED) is 0.927. The van der Waals surface area contributed by atoms with E-state index in [4.69, 9.17) is 11.6 Å². The molecule has 0 radical (unpaired) electrons. The van der Waals surface area contributed by atoms with Crippen LogP contribution in [0.4, 0.5) is 15.9 Å². The summed E-state index contributed by atoms with van der Waals surface area (Å²) in [7, 11) is 0. The van der Waals surface area contributed by atoms with Crippen molar-refractivity contribution in [1.29, 1.82) is 5.26 Å². The number of benzene rings is 1. The summed E-state index contributed by atoms with van der Waals surface area (Å²) in [5.41, 5.74) is 2.07. The van der Waals surface area contributed by atoms with Crippen LogP contribution in [-0.2, 0) is 12.8 Å². The van der Waals surface area contributed by atoms with Gasteiger partial charge in [-0.05, 0) is 30.5 Å². The first-order chi connectivity index (χ1) is 10.1. The fourth-order valence-corrected chi connectivity index (χ4v) is 2.33. The number of anilines is 2. The maximum absolute atomic E-state index is 13.8. The number of nitrogens with one attached hydrogen (secondary N) is 1. The van der Waals surface area contributed by atoms with Crippen molar-refractivity contribution in [1.82, 2.24) is 10.2 Å². The lowest BCUT2D eigenvalue weighted by Gasteiger charge is -2.13. The highest BCUT2D eigenvalue weighted by atomic mass is 35.5. The van der Waals surface area contributed by atoms with Gasteiger partial charge in [-0.25, -0.2) is 4.39 Å². The molecule has 1 heterocycles. The molecule has 0 aliphatic carbocycles. The van der Waals surface area contributed by atoms with Gasteiger partial charge >= 0.3 is 0 Å². The zero-order valence-corrected chi connectivity index (χ0v) is 12.5. The molecule has 2 aromatic rings. The van der Waals surface area contributed by atoms with Crippen molar-refractivity contribution in [2.24, 2.45) is 0 Å². The summed E-state index contributed by atoms with van der Waals surface area (Å²) in [6.45, 7) is 3.89. The van der Waals surface area contributed by atoms with E-state index in [0.29, 0.717) is 18.4 Å². The fourth-order valence-electron chi connectivity index (χ4n) is 2.12. The monoisotopic (exact) mass is 304 g/mol. The summed E-state index contributed by atoms with van der Waals surface area (Å²) >= 11 is 5.97. The Kier molecular flexibility index (Phi) is 4.71. The second-order valence-electron chi connectivity index (χ2n) is 4.39. The maximum Gasteiger partial charge on any atom is 0.171 e. The van der Waals surface area contributed by atoms with Crippen molar-refractivity contribution in [3.05, 3.63) is 45.9 Å². The topological polar surface area (TPSA) is 61.6 Å². The standard InChI is InChI=1S/C15H14ClFN4/c1-3-9-10(8-18)15(21-20-13(9)4-2)19-14-11(16)6-5-7-12(14)17/h5-7H,3-4H2,1-2H3,(H,19,21). The molecule has 21 heavy (non-hydrogen) atoms. The number of para-hydroxylation sites is 1. The minimum Gasteiger partial charge on any atom is -0.334 e. The molecule has 4 nitrogen and oxygen atoms in total. The molecule has 0 amide bonds. The number of nitriles is 1. The van der Waals surface area contributed by atoms with Crippen LogP contribution in [0, 0.1) is 17.1 Å². The molecule has 0 saturated heterocycles. The Morgan fingerprint density at radius 3 is 2.62 bits per heavy atom. The van der Waals surface area contributed by atoms with E-state index >= 15 is 0 Å². The zero-order chi connectivity index (χ0) is 15.4. The van der Waals surface area contributed by atoms with Crippen LogP contribution in [0.25, 0.3) is 0 Å². The van der Waals surface area contributed by atoms with Gasteiger partial charge < -0.3 is 5.32 Å². The van der Waals surface area contributed by atoms with Crippen molar-refractivity contribution in [2.75, 3.05) is 5.32 Å². The summed E-state index contributed by atoms with van der Waals surface area (Å²) in [6.07, 6.45) is 1.34. The van der Waals surface area contributed by atoms with Crippen LogP contribution in [0.5, 0.6) is 0 Å². The number of nitrogens with zero attached hydrogens (tertiary/aromatic N) is 3. The Morgan fingerprint density at radius 2 is 2.05 bits per heavy atom. The van der Waals surface area contributed by atoms with Gasteiger partial charge in [-0.3, -0.25) is 0 Å². The molecule has 1 N–H and O–H groups in total. The van der Waals surface area contributed by atoms with Crippen LogP contribution < -0.4 is 5.32 Å². The average molecular weight is 305 g/mol. The molecule has 6 heteroatoms. The Hall–Kier alpha value is -2.19. The van der Waals surface area contributed by atoms with Crippen LogP contribution in [0.1, 0.15) is 30.7 Å². The van der Waals surface area contributed by atoms with E-state index in [2.05, 4.69) is 21.6 Å². The molecule has 0 spiro atoms. The molecular weight excluding hydrogens is 291 g/mol. The van der Waals surface area contributed by atoms with Gasteiger partial charge in [-0.2, -0.15) is 10.4 Å². The normalized spacial score (nSPS) is 10.2. The van der Waals surface area contributed by atoms with Crippen LogP contribution in [0.15, 0.2) is 18.2 Å². The first kappa shape index (κ1) is 15.2. The second-order valence-corrected chi connectivity index (χ2v) is 4.80. The van der Waals surface area contributed by atoms with Crippen LogP contribution in [-0.4, -0.2) is 10.2 Å². The molecule has 2 rings (SSSR count). The first-order valence-electron chi connectivity index (χ1n) is 6.61. The highest BCUT2D eigenvalue weighted by Gasteiger charge is 2.16. The van der Waals surface area contributed by atoms with Crippen LogP contribution in [0.2, 0.25) is 5.02 Å². The van der Waals surface area contributed by atoms with E-state index in [1.165, 1.54) is 12.1 Å². The largest absolute Gasteiger partial charge is 0.334 e. The highest BCUT2D eigenvalue weighted by Crippen LogP contribution is 2.29. The van der Waals surface area contributed by atoms with Crippen molar-refractivity contribution >= 4 is 23.1 Å². The van der Waals surface area contributed by atoms with E-state index in [1.807, 2.05) is 13.8 Å². The number of hydrogen-bond donors (Lipinski definition) is 1. The predicted molar refractivity (Wildman–Crippen MR) is 80.2 cm³/mol. The molecule has 0 saturated carbocycles. The van der Waals surface area contributed by atoms with E-state index in [0.717, 1.165) is 11.3 Å². The van der Waals surface area contributed by atoms with E-state index in [-0.39, 0.29) is 16.5 Å². The average Bonchev–Trinajstić information content (AvgIpc) is 2.50. The molecule has 108 valence electrons. The summed E-state index contributed by atoms with van der Waals surface area (Å²) in [6, 6.07) is 6.48. The van der Waals surface area contributed by atoms with Crippen molar-refractivity contribution in [2.45, 2.75) is 26.7 Å². The predicted octanol–water partition coefficient (Wildman–Crippen LogP) is 4.01. The van der Waals surface area contributed by atoms with Crippen molar-refractivity contribution in [3.8, 4) is 6.07 Å². The Morgan fingerprint density at radius 1 is 1.29 bits per heavy atom. The lowest BCUT2D eigenvalue weighted by Crippen LogP contribution is -2.08. The van der Waals surface area contributed by atoms with Gasteiger partial charge in [-0.15, -0.1) is 5.10 Å². The number of hydrogen-bond acceptors (Lipinski definition) is 4. The molecule has 0 bridgehead atoms. The van der Waals surface area contributed by atoms with Crippen LogP contribution >= 0.6 is 11.6 Å². The summed E-state index contributed by atoms with van der Waals surface area (Å²) in [5.74, 6) is -0.288. The third-order valence-corrected chi connectivity index (χ3v) is 3.48. The maximum atomic E-state index is 13.8. The zero-order valence-electron chi connectivity index (χ0n) is 11.7. The molecule has 1 aromatic heterocycles. The van der Waals surface area contributed by atoms with Gasteiger partial charge in [0.05, 0.1) is 16.4 Å². The second kappa shape index (κ2) is 6.51. The number of halogens is 2. The molecule has 0 aliphatic rings. The van der Waals surface area contributed by atoms with E-state index < -0.39 is 5.82 Å². The summed E-state index contributed by atoms with van der Waals surface area (Å²) < 4.78 is 13.8. The minimum absolute atomic E-state index is 0.0938. The molecule has 0 aliphatic heterocycles. The molecule has 1 aromatic carbocycles. The van der Waals surface area contributed by atoms with Gasteiger partial charge in [0, 0.05) is 0 Å². The SMILES string of the molecule is CCc1nnc(Nc2c(F)cccc2Cl)c(C#N)c1CC. The van der Waals surface area contributed by atoms with Crippen molar-refractivity contribution < 1.29 is 4.39 Å². The Balaban J connectivity index is 2.53. The summed E-state index contributed by atoms with van der Waals surface area (Å²) in [5, 5.41) is 20.5. The lowest BCUT2D eigenvalue weighted by atomic mass is 10.0. The van der Waals surface area contributed by atoms with Gasteiger partial charge in [0.15, 0.2) is 5.82 Å². The Bertz CT molecular complexity index is 689. The number of rotatable bonds is 4. The summed E-state index contributed by atoms with van der Waals surface area (Å²) in [4.78, 5) is 0. The molecule has 0 fully saturated rings. The van der Waals surface area contributed by atoms with Gasteiger partial charge in [0.2, 0.25) is 0 Å². The molecule has 0 atom stereocenters. The fraction of sp³-hybridized carbons (Fsp3) is 0.267. The lowest BCUT2D eigenvalue weighted by molar-refractivity contribution is 0.631. The third kappa shape index (κ3) is 2.96. The van der Waals surface area contributed by atoms with E-state index in [1.54, 1.807) is 6.07 Å². The third-order valence-electron chi connectivity index (χ3n) is 3.16. The molecule has 0 unspecified atom stereocenters. The smallest absolute Gasteiger partial charge is 0.171 e. The highest BCUT2D eigenvalue weighted by molar-refractivity contribution is 6.33. The van der Waals surface area contributed by atoms with Gasteiger partial charge in [0.25, 0.3) is 0 Å². The minimum atomic E-state index is -0.509. The number of aryl methyl sites for hydroxylation is 1. The molecular formula is C15H14ClFN4. The van der Waals surface area contributed by atoms with Gasteiger partial charge in [-0.1, -0.05) is 31.5 Å². The first-order valence-corrected chi connectivity index (χ1v) is 6.99. The van der Waals surface area contributed by atoms with Crippen molar-refractivity contribution in [3.63, 3.8) is 0 Å². The van der Waals surface area contributed by atoms with Gasteiger partial charge in [0.1, 0.15) is 17.4 Å². The van der Waals surface area contributed by atoms with Crippen LogP contribution in [0.3, 0.4) is 0 Å². The Labute approximate surface area is 127 Å².